The molecule has 1 heterocycles. The van der Waals surface area contributed by atoms with E-state index in [1.165, 1.54) is 0 Å². The largest absolute Gasteiger partial charge is 0.481 e. The quantitative estimate of drug-likeness (QED) is 0.292. The van der Waals surface area contributed by atoms with Gasteiger partial charge >= 0.3 is 12.1 Å². The van der Waals surface area contributed by atoms with Crippen LogP contribution in [0.4, 0.5) is 10.5 Å². The summed E-state index contributed by atoms with van der Waals surface area (Å²) in [7, 11) is 0. The molecule has 7 nitrogen and oxygen atoms in total. The number of nitrogens with one attached hydrogen (secondary N) is 1. The maximum atomic E-state index is 12.6. The Bertz CT molecular complexity index is 1350. The smallest absolute Gasteiger partial charge is 0.412 e. The van der Waals surface area contributed by atoms with Crippen LogP contribution in [-0.2, 0) is 16.0 Å². The Morgan fingerprint density at radius 3 is 2.23 bits per heavy atom. The number of carboxylic acid groups (broad SMARTS) is 1. The Balaban J connectivity index is 1.48. The summed E-state index contributed by atoms with van der Waals surface area (Å²) in [4.78, 5) is 23.5. The standard InChI is InChI=1S/C27H23ClN2O5/c1-16-25(29-27(33)34-17(2)22-5-3-4-6-23(22)28)26(35-30-16)21-13-11-20(12-14-21)19-9-7-18(8-10-19)15-24(31)32/h3-14,17H,15H2,1-2H3,(H,29,33)(H,31,32). The lowest BCUT2D eigenvalue weighted by molar-refractivity contribution is -0.136. The summed E-state index contributed by atoms with van der Waals surface area (Å²) in [6.45, 7) is 3.47. The highest BCUT2D eigenvalue weighted by molar-refractivity contribution is 6.31. The molecule has 1 unspecified atom stereocenters. The second-order valence-electron chi connectivity index (χ2n) is 8.01. The van der Waals surface area contributed by atoms with Crippen molar-refractivity contribution in [3.63, 3.8) is 0 Å². The zero-order valence-corrected chi connectivity index (χ0v) is 19.9. The third kappa shape index (κ3) is 5.70. The minimum atomic E-state index is -0.865. The zero-order chi connectivity index (χ0) is 24.9. The van der Waals surface area contributed by atoms with Crippen LogP contribution in [0, 0.1) is 6.92 Å². The number of nitrogens with zero attached hydrogens (tertiary/aromatic N) is 1. The molecule has 0 aliphatic rings. The van der Waals surface area contributed by atoms with E-state index in [9.17, 15) is 9.59 Å². The van der Waals surface area contributed by atoms with Crippen molar-refractivity contribution in [3.05, 3.63) is 94.6 Å². The number of aryl methyl sites for hydroxylation is 1. The SMILES string of the molecule is Cc1noc(-c2ccc(-c3ccc(CC(=O)O)cc3)cc2)c1NC(=O)OC(C)c1ccccc1Cl. The molecule has 0 radical (unpaired) electrons. The van der Waals surface area contributed by atoms with E-state index in [1.54, 1.807) is 38.1 Å². The van der Waals surface area contributed by atoms with Crippen LogP contribution in [0.1, 0.15) is 29.8 Å². The highest BCUT2D eigenvalue weighted by atomic mass is 35.5. The van der Waals surface area contributed by atoms with Crippen molar-refractivity contribution < 1.29 is 24.0 Å². The fourth-order valence-corrected chi connectivity index (χ4v) is 3.97. The third-order valence-corrected chi connectivity index (χ3v) is 5.85. The van der Waals surface area contributed by atoms with Gasteiger partial charge in [0.05, 0.1) is 6.42 Å². The average Bonchev–Trinajstić information content (AvgIpc) is 3.19. The van der Waals surface area contributed by atoms with Gasteiger partial charge in [-0.3, -0.25) is 10.1 Å². The number of rotatable bonds is 7. The number of benzene rings is 3. The molecule has 178 valence electrons. The molecule has 1 amide bonds. The number of anilines is 1. The lowest BCUT2D eigenvalue weighted by atomic mass is 10.0. The Kier molecular flexibility index (Phi) is 7.17. The van der Waals surface area contributed by atoms with E-state index < -0.39 is 18.2 Å². The van der Waals surface area contributed by atoms with Crippen molar-refractivity contribution in [2.45, 2.75) is 26.4 Å². The number of amides is 1. The monoisotopic (exact) mass is 490 g/mol. The number of aliphatic carboxylic acids is 1. The average molecular weight is 491 g/mol. The summed E-state index contributed by atoms with van der Waals surface area (Å²) >= 11 is 6.20. The molecule has 0 fully saturated rings. The molecule has 0 saturated carbocycles. The fraction of sp³-hybridized carbons (Fsp3) is 0.148. The molecule has 0 bridgehead atoms. The second-order valence-corrected chi connectivity index (χ2v) is 8.42. The minimum absolute atomic E-state index is 0.0144. The van der Waals surface area contributed by atoms with E-state index in [1.807, 2.05) is 48.5 Å². The fourth-order valence-electron chi connectivity index (χ4n) is 3.68. The molecule has 3 aromatic carbocycles. The summed E-state index contributed by atoms with van der Waals surface area (Å²) < 4.78 is 11.0. The summed E-state index contributed by atoms with van der Waals surface area (Å²) in [5.41, 5.74) is 5.02. The summed E-state index contributed by atoms with van der Waals surface area (Å²) in [5, 5.41) is 16.2. The molecular formula is C27H23ClN2O5. The van der Waals surface area contributed by atoms with Crippen LogP contribution >= 0.6 is 11.6 Å². The molecule has 2 N–H and O–H groups in total. The number of hydrogen-bond donors (Lipinski definition) is 2. The van der Waals surface area contributed by atoms with E-state index in [0.717, 1.165) is 22.3 Å². The van der Waals surface area contributed by atoms with Crippen LogP contribution in [0.5, 0.6) is 0 Å². The summed E-state index contributed by atoms with van der Waals surface area (Å²) in [5.74, 6) is -0.454. The van der Waals surface area contributed by atoms with E-state index >= 15 is 0 Å². The molecule has 8 heteroatoms. The number of carbonyl (C=O) groups is 2. The lowest BCUT2D eigenvalue weighted by Gasteiger charge is -2.15. The first-order valence-electron chi connectivity index (χ1n) is 10.9. The highest BCUT2D eigenvalue weighted by Crippen LogP contribution is 2.33. The molecule has 4 rings (SSSR count). The number of carbonyl (C=O) groups excluding carboxylic acids is 1. The van der Waals surface area contributed by atoms with Crippen molar-refractivity contribution >= 4 is 29.4 Å². The Morgan fingerprint density at radius 1 is 1.00 bits per heavy atom. The van der Waals surface area contributed by atoms with Crippen molar-refractivity contribution in [3.8, 4) is 22.5 Å². The summed E-state index contributed by atoms with van der Waals surface area (Å²) in [6.07, 6.45) is -1.21. The highest BCUT2D eigenvalue weighted by Gasteiger charge is 2.20. The van der Waals surface area contributed by atoms with E-state index in [2.05, 4.69) is 10.5 Å². The van der Waals surface area contributed by atoms with Crippen LogP contribution in [-0.4, -0.2) is 22.3 Å². The predicted molar refractivity (Wildman–Crippen MR) is 133 cm³/mol. The lowest BCUT2D eigenvalue weighted by Crippen LogP contribution is -2.17. The topological polar surface area (TPSA) is 102 Å². The molecule has 0 aliphatic carbocycles. The number of carboxylic acids is 1. The van der Waals surface area contributed by atoms with Gasteiger partial charge in [-0.1, -0.05) is 83.5 Å². The van der Waals surface area contributed by atoms with Gasteiger partial charge in [0, 0.05) is 16.1 Å². The van der Waals surface area contributed by atoms with E-state index in [0.29, 0.717) is 27.7 Å². The predicted octanol–water partition coefficient (Wildman–Crippen LogP) is 6.91. The van der Waals surface area contributed by atoms with Gasteiger partial charge in [0.15, 0.2) is 5.76 Å². The molecule has 4 aromatic rings. The Labute approximate surface area is 207 Å². The Morgan fingerprint density at radius 2 is 1.60 bits per heavy atom. The van der Waals surface area contributed by atoms with Crippen molar-refractivity contribution in [2.75, 3.05) is 5.32 Å². The van der Waals surface area contributed by atoms with Crippen LogP contribution in [0.3, 0.4) is 0 Å². The zero-order valence-electron chi connectivity index (χ0n) is 19.1. The number of aromatic nitrogens is 1. The normalized spacial score (nSPS) is 11.6. The first-order chi connectivity index (χ1) is 16.8. The van der Waals surface area contributed by atoms with Gasteiger partial charge in [-0.05, 0) is 36.6 Å². The van der Waals surface area contributed by atoms with Crippen molar-refractivity contribution in [1.29, 1.82) is 0 Å². The molecule has 0 saturated heterocycles. The maximum Gasteiger partial charge on any atom is 0.412 e. The van der Waals surface area contributed by atoms with Gasteiger partial charge in [0.1, 0.15) is 17.5 Å². The van der Waals surface area contributed by atoms with Gasteiger partial charge in [0.2, 0.25) is 0 Å². The van der Waals surface area contributed by atoms with Gasteiger partial charge < -0.3 is 14.4 Å². The first-order valence-corrected chi connectivity index (χ1v) is 11.3. The van der Waals surface area contributed by atoms with Crippen LogP contribution in [0.25, 0.3) is 22.5 Å². The number of hydrogen-bond acceptors (Lipinski definition) is 5. The van der Waals surface area contributed by atoms with E-state index in [-0.39, 0.29) is 6.42 Å². The van der Waals surface area contributed by atoms with E-state index in [4.69, 9.17) is 26.0 Å². The van der Waals surface area contributed by atoms with Gasteiger partial charge in [0.25, 0.3) is 0 Å². The minimum Gasteiger partial charge on any atom is -0.481 e. The van der Waals surface area contributed by atoms with Crippen LogP contribution in [0.15, 0.2) is 77.3 Å². The molecule has 1 aromatic heterocycles. The van der Waals surface area contributed by atoms with Gasteiger partial charge in [-0.2, -0.15) is 0 Å². The van der Waals surface area contributed by atoms with Crippen molar-refractivity contribution in [1.82, 2.24) is 5.16 Å². The molecular weight excluding hydrogens is 468 g/mol. The first kappa shape index (κ1) is 24.0. The number of ether oxygens (including phenoxy) is 1. The number of halogens is 1. The molecule has 0 spiro atoms. The van der Waals surface area contributed by atoms with Gasteiger partial charge in [-0.25, -0.2) is 4.79 Å². The van der Waals surface area contributed by atoms with Crippen LogP contribution in [0.2, 0.25) is 5.02 Å². The van der Waals surface area contributed by atoms with Gasteiger partial charge in [-0.15, -0.1) is 0 Å². The Hall–Kier alpha value is -4.10. The van der Waals surface area contributed by atoms with Crippen molar-refractivity contribution in [2.24, 2.45) is 0 Å². The van der Waals surface area contributed by atoms with Crippen LogP contribution < -0.4 is 5.32 Å². The maximum absolute atomic E-state index is 12.6. The third-order valence-electron chi connectivity index (χ3n) is 5.51. The second kappa shape index (κ2) is 10.4. The molecule has 1 atom stereocenters. The molecule has 0 aliphatic heterocycles. The molecule has 35 heavy (non-hydrogen) atoms. The summed E-state index contributed by atoms with van der Waals surface area (Å²) in [6, 6.07) is 22.1.